The van der Waals surface area contributed by atoms with Gasteiger partial charge >= 0.3 is 6.18 Å². The summed E-state index contributed by atoms with van der Waals surface area (Å²) in [6.45, 7) is 4.48. The molecule has 2 atom stereocenters. The van der Waals surface area contributed by atoms with Gasteiger partial charge in [-0.3, -0.25) is 0 Å². The van der Waals surface area contributed by atoms with Crippen LogP contribution in [0.25, 0.3) is 0 Å². The number of alkyl halides is 3. The number of halogens is 3. The maximum atomic E-state index is 12.8. The van der Waals surface area contributed by atoms with Crippen molar-refractivity contribution in [1.29, 1.82) is 0 Å². The van der Waals surface area contributed by atoms with Gasteiger partial charge in [0.25, 0.3) is 0 Å². The van der Waals surface area contributed by atoms with Gasteiger partial charge in [0.15, 0.2) is 0 Å². The Morgan fingerprint density at radius 3 is 2.68 bits per heavy atom. The third kappa shape index (κ3) is 3.72. The van der Waals surface area contributed by atoms with Crippen molar-refractivity contribution in [3.05, 3.63) is 34.9 Å². The van der Waals surface area contributed by atoms with E-state index in [-0.39, 0.29) is 18.9 Å². The van der Waals surface area contributed by atoms with Gasteiger partial charge in [0.2, 0.25) is 0 Å². The fourth-order valence-electron chi connectivity index (χ4n) is 2.74. The van der Waals surface area contributed by atoms with Crippen LogP contribution < -0.4 is 5.32 Å². The van der Waals surface area contributed by atoms with Crippen molar-refractivity contribution >= 4 is 0 Å². The summed E-state index contributed by atoms with van der Waals surface area (Å²) in [6, 6.07) is 6.08. The largest absolute Gasteiger partial charge is 0.391 e. The molecule has 1 aromatic carbocycles. The Bertz CT molecular complexity index is 440. The number of hydrogen-bond acceptors (Lipinski definition) is 1. The third-order valence-corrected chi connectivity index (χ3v) is 3.93. The van der Waals surface area contributed by atoms with Gasteiger partial charge in [-0.25, -0.2) is 0 Å². The van der Waals surface area contributed by atoms with Crippen LogP contribution in [0.5, 0.6) is 0 Å². The van der Waals surface area contributed by atoms with Gasteiger partial charge in [-0.15, -0.1) is 0 Å². The van der Waals surface area contributed by atoms with Crippen molar-refractivity contribution in [3.8, 4) is 0 Å². The molecule has 1 saturated heterocycles. The van der Waals surface area contributed by atoms with Crippen LogP contribution in [0.3, 0.4) is 0 Å². The van der Waals surface area contributed by atoms with Crippen LogP contribution in [0.15, 0.2) is 18.2 Å². The molecule has 2 unspecified atom stereocenters. The van der Waals surface area contributed by atoms with Gasteiger partial charge in [0, 0.05) is 6.04 Å². The van der Waals surface area contributed by atoms with Crippen molar-refractivity contribution in [2.75, 3.05) is 6.54 Å². The molecule has 0 saturated carbocycles. The van der Waals surface area contributed by atoms with Gasteiger partial charge < -0.3 is 5.32 Å². The van der Waals surface area contributed by atoms with Crippen LogP contribution in [-0.4, -0.2) is 18.8 Å². The fourth-order valence-corrected chi connectivity index (χ4v) is 2.74. The van der Waals surface area contributed by atoms with Crippen molar-refractivity contribution in [2.45, 2.75) is 45.3 Å². The van der Waals surface area contributed by atoms with Crippen LogP contribution in [0, 0.1) is 19.8 Å². The maximum absolute atomic E-state index is 12.8. The van der Waals surface area contributed by atoms with Gasteiger partial charge in [0.05, 0.1) is 5.92 Å². The van der Waals surface area contributed by atoms with E-state index in [0.29, 0.717) is 13.0 Å². The number of hydrogen-bond donors (Lipinski definition) is 1. The average Bonchev–Trinajstić information content (AvgIpc) is 2.33. The molecule has 1 nitrogen and oxygen atoms in total. The number of benzene rings is 1. The van der Waals surface area contributed by atoms with Crippen LogP contribution in [0.1, 0.15) is 29.5 Å². The summed E-state index contributed by atoms with van der Waals surface area (Å²) >= 11 is 0. The summed E-state index contributed by atoms with van der Waals surface area (Å²) in [5.74, 6) is -1.15. The molecule has 106 valence electrons. The van der Waals surface area contributed by atoms with E-state index in [1.165, 1.54) is 0 Å². The predicted octanol–water partition coefficient (Wildman–Crippen LogP) is 3.78. The maximum Gasteiger partial charge on any atom is 0.391 e. The highest BCUT2D eigenvalue weighted by atomic mass is 19.4. The van der Waals surface area contributed by atoms with E-state index in [0.717, 1.165) is 16.7 Å². The minimum absolute atomic E-state index is 0.0686. The molecule has 1 fully saturated rings. The Balaban J connectivity index is 2.05. The normalized spacial score (nSPS) is 24.5. The van der Waals surface area contributed by atoms with Crippen LogP contribution in [0.2, 0.25) is 0 Å². The Morgan fingerprint density at radius 1 is 1.26 bits per heavy atom. The highest BCUT2D eigenvalue weighted by Gasteiger charge is 2.42. The second-order valence-electron chi connectivity index (χ2n) is 5.55. The summed E-state index contributed by atoms with van der Waals surface area (Å²) in [4.78, 5) is 0. The number of nitrogens with one attached hydrogen (secondary N) is 1. The fraction of sp³-hybridized carbons (Fsp3) is 0.600. The summed E-state index contributed by atoms with van der Waals surface area (Å²) in [6.07, 6.45) is -2.98. The quantitative estimate of drug-likeness (QED) is 0.863. The van der Waals surface area contributed by atoms with Gasteiger partial charge in [-0.1, -0.05) is 23.8 Å². The van der Waals surface area contributed by atoms with E-state index >= 15 is 0 Å². The summed E-state index contributed by atoms with van der Waals surface area (Å²) in [5, 5.41) is 3.22. The average molecular weight is 271 g/mol. The van der Waals surface area contributed by atoms with Crippen molar-refractivity contribution in [2.24, 2.45) is 5.92 Å². The Labute approximate surface area is 112 Å². The first-order valence-electron chi connectivity index (χ1n) is 6.72. The lowest BCUT2D eigenvalue weighted by Gasteiger charge is -2.32. The predicted molar refractivity (Wildman–Crippen MR) is 70.2 cm³/mol. The standard InChI is InChI=1S/C15H20F3N/c1-10-3-4-11(2)12(7-10)8-14-9-13(5-6-19-14)15(16,17)18/h3-4,7,13-14,19H,5-6,8-9H2,1-2H3. The lowest BCUT2D eigenvalue weighted by Crippen LogP contribution is -2.43. The molecular formula is C15H20F3N. The zero-order valence-corrected chi connectivity index (χ0v) is 11.3. The van der Waals surface area contributed by atoms with E-state index in [2.05, 4.69) is 11.4 Å². The molecule has 1 aromatic rings. The molecule has 0 spiro atoms. The first-order valence-corrected chi connectivity index (χ1v) is 6.72. The zero-order valence-electron chi connectivity index (χ0n) is 11.3. The van der Waals surface area contributed by atoms with E-state index in [1.54, 1.807) is 0 Å². The molecule has 1 aliphatic heterocycles. The second-order valence-corrected chi connectivity index (χ2v) is 5.55. The van der Waals surface area contributed by atoms with E-state index in [9.17, 15) is 13.2 Å². The molecule has 4 heteroatoms. The van der Waals surface area contributed by atoms with Crippen LogP contribution in [-0.2, 0) is 6.42 Å². The van der Waals surface area contributed by atoms with E-state index in [1.807, 2.05) is 26.0 Å². The lowest BCUT2D eigenvalue weighted by molar-refractivity contribution is -0.183. The molecule has 19 heavy (non-hydrogen) atoms. The van der Waals surface area contributed by atoms with Crippen molar-refractivity contribution < 1.29 is 13.2 Å². The molecule has 0 aromatic heterocycles. The van der Waals surface area contributed by atoms with Crippen molar-refractivity contribution in [3.63, 3.8) is 0 Å². The third-order valence-electron chi connectivity index (χ3n) is 3.93. The monoisotopic (exact) mass is 271 g/mol. The smallest absolute Gasteiger partial charge is 0.314 e. The molecule has 0 aliphatic carbocycles. The summed E-state index contributed by atoms with van der Waals surface area (Å²) in [7, 11) is 0. The molecular weight excluding hydrogens is 251 g/mol. The Kier molecular flexibility index (Phi) is 4.19. The van der Waals surface area contributed by atoms with E-state index < -0.39 is 12.1 Å². The zero-order chi connectivity index (χ0) is 14.0. The summed E-state index contributed by atoms with van der Waals surface area (Å²) in [5.41, 5.74) is 3.46. The highest BCUT2D eigenvalue weighted by molar-refractivity contribution is 5.31. The molecule has 2 rings (SSSR count). The van der Waals surface area contributed by atoms with Crippen molar-refractivity contribution in [1.82, 2.24) is 5.32 Å². The topological polar surface area (TPSA) is 12.0 Å². The van der Waals surface area contributed by atoms with Gasteiger partial charge in [-0.05, 0) is 50.8 Å². The summed E-state index contributed by atoms with van der Waals surface area (Å²) < 4.78 is 38.3. The first-order chi connectivity index (χ1) is 8.86. The molecule has 0 bridgehead atoms. The number of aryl methyl sites for hydroxylation is 2. The lowest BCUT2D eigenvalue weighted by atomic mass is 9.87. The Morgan fingerprint density at radius 2 is 2.00 bits per heavy atom. The second kappa shape index (κ2) is 5.53. The highest BCUT2D eigenvalue weighted by Crippen LogP contribution is 2.34. The SMILES string of the molecule is Cc1ccc(C)c(CC2CC(C(F)(F)F)CCN2)c1. The molecule has 1 heterocycles. The number of rotatable bonds is 2. The minimum Gasteiger partial charge on any atom is -0.314 e. The molecule has 1 aliphatic rings. The number of piperidine rings is 1. The molecule has 0 amide bonds. The Hall–Kier alpha value is -1.03. The molecule has 0 radical (unpaired) electrons. The van der Waals surface area contributed by atoms with Gasteiger partial charge in [0.1, 0.15) is 0 Å². The van der Waals surface area contributed by atoms with Gasteiger partial charge in [-0.2, -0.15) is 13.2 Å². The van der Waals surface area contributed by atoms with Crippen LogP contribution >= 0.6 is 0 Å². The van der Waals surface area contributed by atoms with E-state index in [4.69, 9.17) is 0 Å². The molecule has 1 N–H and O–H groups in total. The first kappa shape index (κ1) is 14.4. The minimum atomic E-state index is -4.05. The van der Waals surface area contributed by atoms with Crippen LogP contribution in [0.4, 0.5) is 13.2 Å².